The number of likely N-dealkylation sites (tertiary alicyclic amines) is 1. The molecule has 1 saturated heterocycles. The van der Waals surface area contributed by atoms with Crippen molar-refractivity contribution in [2.45, 2.75) is 25.8 Å². The maximum absolute atomic E-state index is 14.8. The highest BCUT2D eigenvalue weighted by atomic mass is 19.1. The summed E-state index contributed by atoms with van der Waals surface area (Å²) < 4.78 is 39.3. The first kappa shape index (κ1) is 21.0. The fourth-order valence-electron chi connectivity index (χ4n) is 3.88. The van der Waals surface area contributed by atoms with Crippen molar-refractivity contribution in [3.8, 4) is 11.5 Å². The summed E-state index contributed by atoms with van der Waals surface area (Å²) in [6, 6.07) is 8.25. The highest BCUT2D eigenvalue weighted by molar-refractivity contribution is 5.70. The largest absolute Gasteiger partial charge is 0.493 e. The van der Waals surface area contributed by atoms with Gasteiger partial charge in [-0.2, -0.15) is 0 Å². The maximum atomic E-state index is 14.8. The zero-order chi connectivity index (χ0) is 21.0. The lowest BCUT2D eigenvalue weighted by Crippen LogP contribution is -2.41. The molecule has 2 aromatic rings. The fraction of sp³-hybridized carbons (Fsp3) is 0.409. The van der Waals surface area contributed by atoms with Crippen LogP contribution in [0.25, 0.3) is 0 Å². The molecule has 2 unspecified atom stereocenters. The molecule has 7 heteroatoms. The molecule has 0 aromatic heterocycles. The zero-order valence-corrected chi connectivity index (χ0v) is 16.5. The number of aliphatic carboxylic acids is 1. The van der Waals surface area contributed by atoms with E-state index in [0.29, 0.717) is 43.1 Å². The smallest absolute Gasteiger partial charge is 0.307 e. The van der Waals surface area contributed by atoms with E-state index in [2.05, 4.69) is 0 Å². The summed E-state index contributed by atoms with van der Waals surface area (Å²) in [4.78, 5) is 13.5. The first-order valence-electron chi connectivity index (χ1n) is 9.67. The van der Waals surface area contributed by atoms with Gasteiger partial charge in [-0.05, 0) is 50.1 Å². The van der Waals surface area contributed by atoms with Gasteiger partial charge in [-0.25, -0.2) is 8.78 Å². The standard InChI is InChI=1S/C22H25F2NO4/c1-3-29-20-11-14(6-9-19(20)28-2)21(17-8-7-16(23)12-18(17)24)25-10-4-5-15(13-25)22(26)27/h6-9,11-12,15,21H,3-5,10,13H2,1-2H3,(H,26,27). The number of hydrogen-bond donors (Lipinski definition) is 1. The summed E-state index contributed by atoms with van der Waals surface area (Å²) in [5, 5.41) is 9.47. The predicted molar refractivity (Wildman–Crippen MR) is 104 cm³/mol. The average molecular weight is 405 g/mol. The van der Waals surface area contributed by atoms with Crippen LogP contribution in [0, 0.1) is 17.6 Å². The van der Waals surface area contributed by atoms with Crippen molar-refractivity contribution >= 4 is 5.97 Å². The van der Waals surface area contributed by atoms with Gasteiger partial charge in [0, 0.05) is 18.2 Å². The highest BCUT2D eigenvalue weighted by Crippen LogP contribution is 2.38. The van der Waals surface area contributed by atoms with E-state index in [4.69, 9.17) is 9.47 Å². The molecule has 1 heterocycles. The van der Waals surface area contributed by atoms with Crippen LogP contribution in [0.3, 0.4) is 0 Å². The first-order valence-corrected chi connectivity index (χ1v) is 9.67. The fourth-order valence-corrected chi connectivity index (χ4v) is 3.88. The second-order valence-corrected chi connectivity index (χ2v) is 7.08. The van der Waals surface area contributed by atoms with Crippen LogP contribution in [0.5, 0.6) is 11.5 Å². The van der Waals surface area contributed by atoms with E-state index in [9.17, 15) is 18.7 Å². The molecule has 5 nitrogen and oxygen atoms in total. The van der Waals surface area contributed by atoms with Crippen LogP contribution >= 0.6 is 0 Å². The first-order chi connectivity index (χ1) is 13.9. The Hall–Kier alpha value is -2.67. The van der Waals surface area contributed by atoms with Gasteiger partial charge in [0.2, 0.25) is 0 Å². The van der Waals surface area contributed by atoms with Gasteiger partial charge in [0.1, 0.15) is 11.6 Å². The molecule has 0 bridgehead atoms. The van der Waals surface area contributed by atoms with E-state index in [1.54, 1.807) is 18.2 Å². The van der Waals surface area contributed by atoms with E-state index < -0.39 is 29.6 Å². The predicted octanol–water partition coefficient (Wildman–Crippen LogP) is 4.26. The lowest BCUT2D eigenvalue weighted by Gasteiger charge is -2.37. The molecule has 1 fully saturated rings. The van der Waals surface area contributed by atoms with Gasteiger partial charge in [-0.15, -0.1) is 0 Å². The molecule has 0 spiro atoms. The van der Waals surface area contributed by atoms with Crippen molar-refractivity contribution in [3.63, 3.8) is 0 Å². The lowest BCUT2D eigenvalue weighted by atomic mass is 9.91. The number of carboxylic acids is 1. The Morgan fingerprint density at radius 3 is 2.69 bits per heavy atom. The molecule has 0 aliphatic carbocycles. The Labute approximate surface area is 168 Å². The molecular weight excluding hydrogens is 380 g/mol. The minimum absolute atomic E-state index is 0.285. The van der Waals surface area contributed by atoms with Crippen molar-refractivity contribution in [2.24, 2.45) is 5.92 Å². The zero-order valence-electron chi connectivity index (χ0n) is 16.5. The van der Waals surface area contributed by atoms with E-state index in [-0.39, 0.29) is 6.54 Å². The van der Waals surface area contributed by atoms with Gasteiger partial charge in [0.05, 0.1) is 25.7 Å². The second-order valence-electron chi connectivity index (χ2n) is 7.08. The minimum Gasteiger partial charge on any atom is -0.493 e. The summed E-state index contributed by atoms with van der Waals surface area (Å²) in [6.45, 7) is 3.18. The summed E-state index contributed by atoms with van der Waals surface area (Å²) in [5.74, 6) is -1.64. The third-order valence-electron chi connectivity index (χ3n) is 5.23. The Kier molecular flexibility index (Phi) is 6.69. The number of halogens is 2. The van der Waals surface area contributed by atoms with Crippen LogP contribution in [0.2, 0.25) is 0 Å². The normalized spacial score (nSPS) is 18.3. The van der Waals surface area contributed by atoms with Crippen LogP contribution in [-0.2, 0) is 4.79 Å². The third kappa shape index (κ3) is 4.67. The topological polar surface area (TPSA) is 59.0 Å². The molecule has 29 heavy (non-hydrogen) atoms. The van der Waals surface area contributed by atoms with Gasteiger partial charge in [0.25, 0.3) is 0 Å². The number of nitrogens with zero attached hydrogens (tertiary/aromatic N) is 1. The van der Waals surface area contributed by atoms with E-state index in [1.165, 1.54) is 19.2 Å². The van der Waals surface area contributed by atoms with Gasteiger partial charge in [-0.1, -0.05) is 12.1 Å². The summed E-state index contributed by atoms with van der Waals surface area (Å²) in [6.07, 6.45) is 1.27. The summed E-state index contributed by atoms with van der Waals surface area (Å²) >= 11 is 0. The maximum Gasteiger partial charge on any atom is 0.307 e. The van der Waals surface area contributed by atoms with E-state index in [1.807, 2.05) is 11.8 Å². The van der Waals surface area contributed by atoms with Crippen LogP contribution < -0.4 is 9.47 Å². The quantitative estimate of drug-likeness (QED) is 0.746. The summed E-state index contributed by atoms with van der Waals surface area (Å²) in [7, 11) is 1.54. The number of piperidine rings is 1. The van der Waals surface area contributed by atoms with Crippen LogP contribution in [0.1, 0.15) is 36.9 Å². The van der Waals surface area contributed by atoms with Crippen molar-refractivity contribution in [1.82, 2.24) is 4.90 Å². The third-order valence-corrected chi connectivity index (χ3v) is 5.23. The van der Waals surface area contributed by atoms with Crippen molar-refractivity contribution in [1.29, 1.82) is 0 Å². The van der Waals surface area contributed by atoms with Crippen molar-refractivity contribution in [2.75, 3.05) is 26.8 Å². The SMILES string of the molecule is CCOc1cc(C(c2ccc(F)cc2F)N2CCCC(C(=O)O)C2)ccc1OC. The molecule has 1 N–H and O–H groups in total. The van der Waals surface area contributed by atoms with Gasteiger partial charge < -0.3 is 14.6 Å². The number of carbonyl (C=O) groups is 1. The Morgan fingerprint density at radius 2 is 2.03 bits per heavy atom. The van der Waals surface area contributed by atoms with Crippen LogP contribution in [-0.4, -0.2) is 42.8 Å². The number of benzene rings is 2. The number of methoxy groups -OCH3 is 1. The molecule has 156 valence electrons. The molecular formula is C22H25F2NO4. The molecule has 0 amide bonds. The molecule has 0 saturated carbocycles. The number of rotatable bonds is 7. The monoisotopic (exact) mass is 405 g/mol. The van der Waals surface area contributed by atoms with E-state index in [0.717, 1.165) is 11.6 Å². The molecule has 1 aliphatic heterocycles. The lowest BCUT2D eigenvalue weighted by molar-refractivity contribution is -0.143. The van der Waals surface area contributed by atoms with Gasteiger partial charge >= 0.3 is 5.97 Å². The Balaban J connectivity index is 2.08. The highest BCUT2D eigenvalue weighted by Gasteiger charge is 2.33. The van der Waals surface area contributed by atoms with E-state index >= 15 is 0 Å². The molecule has 3 rings (SSSR count). The number of hydrogen-bond acceptors (Lipinski definition) is 4. The minimum atomic E-state index is -0.863. The van der Waals surface area contributed by atoms with Gasteiger partial charge in [0.15, 0.2) is 11.5 Å². The Morgan fingerprint density at radius 1 is 1.24 bits per heavy atom. The summed E-state index contributed by atoms with van der Waals surface area (Å²) in [5.41, 5.74) is 1.02. The number of carboxylic acid groups (broad SMARTS) is 1. The molecule has 1 aliphatic rings. The Bertz CT molecular complexity index is 874. The molecule has 0 radical (unpaired) electrons. The van der Waals surface area contributed by atoms with Crippen molar-refractivity contribution < 1.29 is 28.2 Å². The number of ether oxygens (including phenoxy) is 2. The molecule has 2 atom stereocenters. The van der Waals surface area contributed by atoms with Crippen molar-refractivity contribution in [3.05, 3.63) is 59.2 Å². The second kappa shape index (κ2) is 9.22. The van der Waals surface area contributed by atoms with Crippen LogP contribution in [0.15, 0.2) is 36.4 Å². The average Bonchev–Trinajstić information content (AvgIpc) is 2.70. The van der Waals surface area contributed by atoms with Crippen LogP contribution in [0.4, 0.5) is 8.78 Å². The molecule has 2 aromatic carbocycles. The van der Waals surface area contributed by atoms with Gasteiger partial charge in [-0.3, -0.25) is 9.69 Å².